The predicted molar refractivity (Wildman–Crippen MR) is 186 cm³/mol. The fourth-order valence-corrected chi connectivity index (χ4v) is 7.24. The average Bonchev–Trinajstić information content (AvgIpc) is 3.67. The van der Waals surface area contributed by atoms with Crippen molar-refractivity contribution in [2.75, 3.05) is 0 Å². The predicted octanol–water partition coefficient (Wildman–Crippen LogP) is 7.56. The summed E-state index contributed by atoms with van der Waals surface area (Å²) >= 11 is 0. The van der Waals surface area contributed by atoms with Gasteiger partial charge in [-0.15, -0.1) is 0 Å². The highest BCUT2D eigenvalue weighted by molar-refractivity contribution is 6.33. The SMILES string of the molecule is O=c1c2ccccc2c2c1c1c(c3c4ccccc4c(=O)c32)C(O)(C#Cc2ccccc2C#Cc2ccccc2)c2ccccc2-1. The van der Waals surface area contributed by atoms with Crippen LogP contribution in [0.3, 0.4) is 0 Å². The smallest absolute Gasteiger partial charge is 0.194 e. The second-order valence-corrected chi connectivity index (χ2v) is 11.7. The molecule has 1 aliphatic carbocycles. The van der Waals surface area contributed by atoms with E-state index in [9.17, 15) is 14.7 Å². The van der Waals surface area contributed by atoms with Crippen molar-refractivity contribution >= 4 is 43.1 Å². The molecule has 0 bridgehead atoms. The van der Waals surface area contributed by atoms with Crippen LogP contribution in [0.25, 0.3) is 54.2 Å². The molecule has 46 heavy (non-hydrogen) atoms. The van der Waals surface area contributed by atoms with Gasteiger partial charge < -0.3 is 5.11 Å². The summed E-state index contributed by atoms with van der Waals surface area (Å²) < 4.78 is 0. The van der Waals surface area contributed by atoms with Crippen molar-refractivity contribution < 1.29 is 5.11 Å². The molecule has 0 aliphatic heterocycles. The van der Waals surface area contributed by atoms with Gasteiger partial charge in [-0.2, -0.15) is 0 Å². The summed E-state index contributed by atoms with van der Waals surface area (Å²) in [5.74, 6) is 13.0. The van der Waals surface area contributed by atoms with Crippen LogP contribution in [0.4, 0.5) is 0 Å². The van der Waals surface area contributed by atoms with Gasteiger partial charge in [-0.1, -0.05) is 127 Å². The van der Waals surface area contributed by atoms with Crippen LogP contribution in [0.5, 0.6) is 0 Å². The minimum atomic E-state index is -1.81. The molecule has 8 aromatic rings. The Hall–Kier alpha value is -6.26. The summed E-state index contributed by atoms with van der Waals surface area (Å²) in [6.07, 6.45) is 0. The molecule has 3 nitrogen and oxygen atoms in total. The number of rotatable bonds is 0. The van der Waals surface area contributed by atoms with E-state index in [2.05, 4.69) is 23.7 Å². The van der Waals surface area contributed by atoms with Gasteiger partial charge in [0.05, 0.1) is 0 Å². The maximum absolute atomic E-state index is 14.2. The largest absolute Gasteiger partial charge is 0.369 e. The van der Waals surface area contributed by atoms with E-state index in [1.807, 2.05) is 127 Å². The lowest BCUT2D eigenvalue weighted by atomic mass is 9.86. The molecule has 1 atom stereocenters. The van der Waals surface area contributed by atoms with Crippen molar-refractivity contribution in [2.45, 2.75) is 5.60 Å². The van der Waals surface area contributed by atoms with E-state index in [4.69, 9.17) is 0 Å². The van der Waals surface area contributed by atoms with E-state index < -0.39 is 5.60 Å². The Morgan fingerprint density at radius 3 is 1.74 bits per heavy atom. The van der Waals surface area contributed by atoms with E-state index in [1.165, 1.54) is 0 Å². The van der Waals surface area contributed by atoms with E-state index in [-0.39, 0.29) is 10.9 Å². The zero-order chi connectivity index (χ0) is 31.0. The minimum absolute atomic E-state index is 0.151. The molecule has 212 valence electrons. The van der Waals surface area contributed by atoms with Gasteiger partial charge in [-0.25, -0.2) is 0 Å². The van der Waals surface area contributed by atoms with Crippen LogP contribution >= 0.6 is 0 Å². The monoisotopic (exact) mass is 586 g/mol. The first kappa shape index (κ1) is 26.2. The third-order valence-electron chi connectivity index (χ3n) is 9.20. The molecule has 0 fully saturated rings. The first-order valence-corrected chi connectivity index (χ1v) is 15.1. The molecule has 0 saturated carbocycles. The third-order valence-corrected chi connectivity index (χ3v) is 9.20. The number of aliphatic hydroxyl groups is 1. The maximum Gasteiger partial charge on any atom is 0.194 e. The lowest BCUT2D eigenvalue weighted by Crippen LogP contribution is -2.23. The fraction of sp³-hybridized carbons (Fsp3) is 0.0233. The topological polar surface area (TPSA) is 54.4 Å². The van der Waals surface area contributed by atoms with Gasteiger partial charge in [-0.05, 0) is 40.6 Å². The van der Waals surface area contributed by atoms with Crippen LogP contribution < -0.4 is 10.9 Å². The van der Waals surface area contributed by atoms with Gasteiger partial charge in [-0.3, -0.25) is 9.59 Å². The number of fused-ring (bicyclic) bond motifs is 12. The molecule has 0 spiro atoms. The molecule has 3 heteroatoms. The molecule has 0 radical (unpaired) electrons. The van der Waals surface area contributed by atoms with Gasteiger partial charge >= 0.3 is 0 Å². The second kappa shape index (κ2) is 9.62. The Morgan fingerprint density at radius 2 is 1.02 bits per heavy atom. The van der Waals surface area contributed by atoms with Crippen molar-refractivity contribution in [1.29, 1.82) is 0 Å². The molecule has 1 aliphatic rings. The molecule has 1 unspecified atom stereocenters. The molecule has 8 aromatic carbocycles. The standard InChI is InChI=1S/C43H22O3/c44-41-31-18-8-6-16-29(31)35-38-36(30-17-7-9-19-32(30)42(38)45)40-37(39(35)41)33-20-10-11-21-34(33)43(40,46)25-24-28-15-5-4-14-27(28)23-22-26-12-2-1-3-13-26/h1-21,46H. The van der Waals surface area contributed by atoms with Gasteiger partial charge in [0, 0.05) is 65.7 Å². The molecule has 0 saturated heterocycles. The Kier molecular flexibility index (Phi) is 5.47. The average molecular weight is 587 g/mol. The quantitative estimate of drug-likeness (QED) is 0.187. The fourth-order valence-electron chi connectivity index (χ4n) is 7.24. The molecular weight excluding hydrogens is 564 g/mol. The van der Waals surface area contributed by atoms with Crippen LogP contribution in [0.1, 0.15) is 27.8 Å². The number of hydrogen-bond acceptors (Lipinski definition) is 3. The second-order valence-electron chi connectivity index (χ2n) is 11.7. The molecule has 9 rings (SSSR count). The first-order chi connectivity index (χ1) is 22.6. The van der Waals surface area contributed by atoms with Crippen LogP contribution in [-0.2, 0) is 5.60 Å². The molecule has 0 heterocycles. The third kappa shape index (κ3) is 3.49. The van der Waals surface area contributed by atoms with Crippen molar-refractivity contribution in [3.8, 4) is 34.8 Å². The first-order valence-electron chi connectivity index (χ1n) is 15.1. The highest BCUT2D eigenvalue weighted by Crippen LogP contribution is 2.55. The zero-order valence-electron chi connectivity index (χ0n) is 24.4. The molecule has 0 aromatic heterocycles. The highest BCUT2D eigenvalue weighted by atomic mass is 16.3. The normalized spacial score (nSPS) is 15.0. The highest BCUT2D eigenvalue weighted by Gasteiger charge is 2.45. The van der Waals surface area contributed by atoms with Crippen LogP contribution in [0, 0.1) is 23.7 Å². The maximum atomic E-state index is 14.2. The summed E-state index contributed by atoms with van der Waals surface area (Å²) in [6, 6.07) is 39.8. The van der Waals surface area contributed by atoms with E-state index in [0.29, 0.717) is 54.6 Å². The van der Waals surface area contributed by atoms with Gasteiger partial charge in [0.1, 0.15) is 0 Å². The van der Waals surface area contributed by atoms with E-state index >= 15 is 0 Å². The molecule has 1 N–H and O–H groups in total. The van der Waals surface area contributed by atoms with Gasteiger partial charge in [0.25, 0.3) is 0 Å². The minimum Gasteiger partial charge on any atom is -0.369 e. The lowest BCUT2D eigenvalue weighted by Gasteiger charge is -2.21. The Bertz CT molecular complexity index is 2810. The lowest BCUT2D eigenvalue weighted by molar-refractivity contribution is 0.152. The zero-order valence-corrected chi connectivity index (χ0v) is 24.4. The number of benzene rings is 6. The summed E-state index contributed by atoms with van der Waals surface area (Å²) in [5, 5.41) is 17.7. The molecular formula is C43H22O3. The van der Waals surface area contributed by atoms with Crippen LogP contribution in [-0.4, -0.2) is 5.11 Å². The number of hydrogen-bond donors (Lipinski definition) is 1. The van der Waals surface area contributed by atoms with Gasteiger partial charge in [0.2, 0.25) is 0 Å². The van der Waals surface area contributed by atoms with E-state index in [0.717, 1.165) is 27.5 Å². The summed E-state index contributed by atoms with van der Waals surface area (Å²) in [7, 11) is 0. The van der Waals surface area contributed by atoms with Crippen LogP contribution in [0.2, 0.25) is 0 Å². The summed E-state index contributed by atoms with van der Waals surface area (Å²) in [6.45, 7) is 0. The Morgan fingerprint density at radius 1 is 0.478 bits per heavy atom. The Labute approximate surface area is 263 Å². The van der Waals surface area contributed by atoms with Crippen molar-refractivity contribution in [3.05, 3.63) is 176 Å². The van der Waals surface area contributed by atoms with Crippen molar-refractivity contribution in [3.63, 3.8) is 0 Å². The van der Waals surface area contributed by atoms with Crippen LogP contribution in [0.15, 0.2) is 137 Å². The van der Waals surface area contributed by atoms with Crippen molar-refractivity contribution in [1.82, 2.24) is 0 Å². The molecule has 0 amide bonds. The summed E-state index contributed by atoms with van der Waals surface area (Å²) in [4.78, 5) is 28.4. The summed E-state index contributed by atoms with van der Waals surface area (Å²) in [5.41, 5.74) is 2.64. The Balaban J connectivity index is 1.41. The van der Waals surface area contributed by atoms with Gasteiger partial charge in [0.15, 0.2) is 16.5 Å². The van der Waals surface area contributed by atoms with Crippen molar-refractivity contribution in [2.24, 2.45) is 0 Å². The van der Waals surface area contributed by atoms with E-state index in [1.54, 1.807) is 0 Å².